The summed E-state index contributed by atoms with van der Waals surface area (Å²) in [6, 6.07) is 4.27. The molecule has 2 nitrogen and oxygen atoms in total. The quantitative estimate of drug-likeness (QED) is 0.776. The maximum absolute atomic E-state index is 10.3. The molecule has 126 valence electrons. The predicted molar refractivity (Wildman–Crippen MR) is 94.9 cm³/mol. The molecule has 1 aromatic rings. The van der Waals surface area contributed by atoms with Gasteiger partial charge >= 0.3 is 0 Å². The minimum absolute atomic E-state index is 0.0213. The molecule has 1 unspecified atom stereocenters. The third-order valence-corrected chi connectivity index (χ3v) is 3.95. The van der Waals surface area contributed by atoms with Crippen molar-refractivity contribution in [3.63, 3.8) is 0 Å². The molecule has 0 spiro atoms. The summed E-state index contributed by atoms with van der Waals surface area (Å²) in [7, 11) is 0. The Kier molecular flexibility index (Phi) is 6.09. The summed E-state index contributed by atoms with van der Waals surface area (Å²) in [5, 5.41) is 10.3. The zero-order valence-electron chi connectivity index (χ0n) is 15.7. The number of aliphatic hydroxyl groups excluding tert-OH is 1. The van der Waals surface area contributed by atoms with Gasteiger partial charge in [-0.15, -0.1) is 0 Å². The van der Waals surface area contributed by atoms with E-state index < -0.39 is 6.10 Å². The van der Waals surface area contributed by atoms with Crippen molar-refractivity contribution in [3.05, 3.63) is 28.8 Å². The molecule has 0 fully saturated rings. The van der Waals surface area contributed by atoms with E-state index in [0.29, 0.717) is 0 Å². The van der Waals surface area contributed by atoms with Gasteiger partial charge in [0.15, 0.2) is 0 Å². The number of ether oxygens (including phenoxy) is 1. The second kappa shape index (κ2) is 7.04. The summed E-state index contributed by atoms with van der Waals surface area (Å²) in [4.78, 5) is 0. The van der Waals surface area contributed by atoms with Crippen molar-refractivity contribution in [1.82, 2.24) is 0 Å². The number of benzene rings is 1. The molecule has 0 aliphatic carbocycles. The smallest absolute Gasteiger partial charge is 0.126 e. The Morgan fingerprint density at radius 3 is 1.73 bits per heavy atom. The zero-order chi connectivity index (χ0) is 17.1. The van der Waals surface area contributed by atoms with Gasteiger partial charge in [0.2, 0.25) is 0 Å². The van der Waals surface area contributed by atoms with Crippen molar-refractivity contribution in [2.24, 2.45) is 0 Å². The van der Waals surface area contributed by atoms with Gasteiger partial charge in [0.05, 0.1) is 12.7 Å². The van der Waals surface area contributed by atoms with Crippen LogP contribution in [0.5, 0.6) is 5.75 Å². The Morgan fingerprint density at radius 2 is 1.41 bits per heavy atom. The molecule has 0 amide bonds. The van der Waals surface area contributed by atoms with Gasteiger partial charge in [0.25, 0.3) is 0 Å². The molecule has 22 heavy (non-hydrogen) atoms. The van der Waals surface area contributed by atoms with Crippen LogP contribution in [0.2, 0.25) is 0 Å². The Bertz CT molecular complexity index is 454. The van der Waals surface area contributed by atoms with E-state index >= 15 is 0 Å². The summed E-state index contributed by atoms with van der Waals surface area (Å²) in [5.41, 5.74) is 3.34. The first kappa shape index (κ1) is 19.0. The molecule has 1 N–H and O–H groups in total. The van der Waals surface area contributed by atoms with Crippen molar-refractivity contribution < 1.29 is 9.84 Å². The highest BCUT2D eigenvalue weighted by Gasteiger charge is 2.28. The van der Waals surface area contributed by atoms with Crippen LogP contribution in [-0.2, 0) is 10.8 Å². The lowest BCUT2D eigenvalue weighted by atomic mass is 9.77. The lowest BCUT2D eigenvalue weighted by Crippen LogP contribution is -2.21. The topological polar surface area (TPSA) is 29.5 Å². The van der Waals surface area contributed by atoms with Gasteiger partial charge in [-0.3, -0.25) is 0 Å². The molecule has 1 atom stereocenters. The third kappa shape index (κ3) is 4.49. The number of aliphatic hydroxyl groups is 1. The molecule has 0 radical (unpaired) electrons. The summed E-state index contributed by atoms with van der Waals surface area (Å²) >= 11 is 0. The van der Waals surface area contributed by atoms with Crippen LogP contribution in [0, 0.1) is 0 Å². The number of hydrogen-bond donors (Lipinski definition) is 1. The number of rotatable bonds is 5. The molecule has 1 aromatic carbocycles. The molecular weight excluding hydrogens is 272 g/mol. The summed E-state index contributed by atoms with van der Waals surface area (Å²) < 4.78 is 6.16. The fraction of sp³-hybridized carbons (Fsp3) is 0.700. The van der Waals surface area contributed by atoms with Crippen LogP contribution in [0.15, 0.2) is 12.1 Å². The van der Waals surface area contributed by atoms with Crippen LogP contribution < -0.4 is 4.74 Å². The van der Waals surface area contributed by atoms with E-state index in [1.807, 2.05) is 6.92 Å². The van der Waals surface area contributed by atoms with Gasteiger partial charge in [-0.2, -0.15) is 0 Å². The van der Waals surface area contributed by atoms with Gasteiger partial charge < -0.3 is 9.84 Å². The predicted octanol–water partition coefficient (Wildman–Crippen LogP) is 5.51. The van der Waals surface area contributed by atoms with Crippen LogP contribution in [0.1, 0.15) is 91.0 Å². The van der Waals surface area contributed by atoms with E-state index in [1.165, 1.54) is 11.1 Å². The maximum atomic E-state index is 10.3. The van der Waals surface area contributed by atoms with Crippen LogP contribution in [0.4, 0.5) is 0 Å². The highest BCUT2D eigenvalue weighted by atomic mass is 16.5. The summed E-state index contributed by atoms with van der Waals surface area (Å²) in [5.74, 6) is 1.01. The molecule has 0 saturated heterocycles. The monoisotopic (exact) mass is 306 g/mol. The Balaban J connectivity index is 3.62. The molecular formula is C20H34O2. The van der Waals surface area contributed by atoms with Crippen molar-refractivity contribution in [3.8, 4) is 5.75 Å². The van der Waals surface area contributed by atoms with Gasteiger partial charge in [-0.1, -0.05) is 55.4 Å². The van der Waals surface area contributed by atoms with Crippen molar-refractivity contribution in [2.45, 2.75) is 85.2 Å². The van der Waals surface area contributed by atoms with E-state index in [-0.39, 0.29) is 10.8 Å². The molecule has 0 bridgehead atoms. The van der Waals surface area contributed by atoms with Crippen molar-refractivity contribution >= 4 is 0 Å². The van der Waals surface area contributed by atoms with Gasteiger partial charge in [-0.25, -0.2) is 0 Å². The summed E-state index contributed by atoms with van der Waals surface area (Å²) in [6.45, 7) is 18.1. The van der Waals surface area contributed by atoms with Gasteiger partial charge in [-0.05, 0) is 41.4 Å². The standard InChI is InChI=1S/C20H34O2/c1-9-11-22-18-15(19(3,4)5)12-14(17(21)10-2)13-16(18)20(6,7)8/h12-13,17,21H,9-11H2,1-8H3. The first-order chi connectivity index (χ1) is 10.0. The van der Waals surface area contributed by atoms with E-state index in [1.54, 1.807) is 0 Å². The third-order valence-electron chi connectivity index (χ3n) is 3.95. The Morgan fingerprint density at radius 1 is 0.955 bits per heavy atom. The van der Waals surface area contributed by atoms with Crippen LogP contribution in [0.3, 0.4) is 0 Å². The largest absolute Gasteiger partial charge is 0.493 e. The minimum Gasteiger partial charge on any atom is -0.493 e. The molecule has 0 aliphatic heterocycles. The minimum atomic E-state index is -0.414. The second-order valence-electron chi connectivity index (χ2n) is 8.22. The van der Waals surface area contributed by atoms with Crippen molar-refractivity contribution in [2.75, 3.05) is 6.61 Å². The highest BCUT2D eigenvalue weighted by molar-refractivity contribution is 5.51. The Labute approximate surface area is 136 Å². The van der Waals surface area contributed by atoms with Crippen LogP contribution in [0.25, 0.3) is 0 Å². The first-order valence-corrected chi connectivity index (χ1v) is 8.52. The summed E-state index contributed by atoms with van der Waals surface area (Å²) in [6.07, 6.45) is 1.30. The maximum Gasteiger partial charge on any atom is 0.126 e. The van der Waals surface area contributed by atoms with Gasteiger partial charge in [0.1, 0.15) is 5.75 Å². The Hall–Kier alpha value is -1.02. The van der Waals surface area contributed by atoms with E-state index in [9.17, 15) is 5.11 Å². The molecule has 0 heterocycles. The first-order valence-electron chi connectivity index (χ1n) is 8.52. The molecule has 2 heteroatoms. The number of hydrogen-bond acceptors (Lipinski definition) is 2. The fourth-order valence-electron chi connectivity index (χ4n) is 2.55. The van der Waals surface area contributed by atoms with Crippen LogP contribution in [-0.4, -0.2) is 11.7 Å². The van der Waals surface area contributed by atoms with E-state index in [4.69, 9.17) is 4.74 Å². The zero-order valence-corrected chi connectivity index (χ0v) is 15.7. The molecule has 1 rings (SSSR count). The lowest BCUT2D eigenvalue weighted by Gasteiger charge is -2.31. The normalized spacial score (nSPS) is 14.0. The molecule has 0 saturated carbocycles. The average molecular weight is 306 g/mol. The van der Waals surface area contributed by atoms with E-state index in [0.717, 1.165) is 30.8 Å². The fourth-order valence-corrected chi connectivity index (χ4v) is 2.55. The average Bonchev–Trinajstić information content (AvgIpc) is 2.41. The van der Waals surface area contributed by atoms with Crippen molar-refractivity contribution in [1.29, 1.82) is 0 Å². The van der Waals surface area contributed by atoms with Crippen LogP contribution >= 0.6 is 0 Å². The SMILES string of the molecule is CCCOc1c(C(C)(C)C)cc(C(O)CC)cc1C(C)(C)C. The van der Waals surface area contributed by atoms with E-state index in [2.05, 4.69) is 60.6 Å². The second-order valence-corrected chi connectivity index (χ2v) is 8.22. The van der Waals surface area contributed by atoms with Gasteiger partial charge in [0, 0.05) is 11.1 Å². The highest BCUT2D eigenvalue weighted by Crippen LogP contribution is 2.42. The molecule has 0 aliphatic rings. The lowest BCUT2D eigenvalue weighted by molar-refractivity contribution is 0.173. The molecule has 0 aromatic heterocycles.